The third-order valence-corrected chi connectivity index (χ3v) is 3.05. The Hall–Kier alpha value is -3.16. The van der Waals surface area contributed by atoms with Gasteiger partial charge in [-0.15, -0.1) is 0 Å². The monoisotopic (exact) mass is 351 g/mol. The third-order valence-electron chi connectivity index (χ3n) is 3.05. The van der Waals surface area contributed by atoms with Gasteiger partial charge in [0.05, 0.1) is 4.92 Å². The van der Waals surface area contributed by atoms with Crippen molar-refractivity contribution in [3.05, 3.63) is 75.8 Å². The number of hydrogen-bond acceptors (Lipinski definition) is 4. The van der Waals surface area contributed by atoms with Gasteiger partial charge in [-0.3, -0.25) is 14.9 Å². The molecule has 0 amide bonds. The third kappa shape index (κ3) is 5.76. The van der Waals surface area contributed by atoms with Gasteiger partial charge in [0.2, 0.25) is 0 Å². The second-order valence-corrected chi connectivity index (χ2v) is 4.98. The lowest BCUT2D eigenvalue weighted by Gasteiger charge is -2.08. The molecule has 2 rings (SSSR count). The summed E-state index contributed by atoms with van der Waals surface area (Å²) in [4.78, 5) is 22.1. The van der Waals surface area contributed by atoms with E-state index in [-0.39, 0.29) is 17.0 Å². The van der Waals surface area contributed by atoms with Gasteiger partial charge >= 0.3 is 6.18 Å². The van der Waals surface area contributed by atoms with Crippen molar-refractivity contribution in [2.45, 2.75) is 6.18 Å². The fourth-order valence-corrected chi connectivity index (χ4v) is 1.88. The maximum atomic E-state index is 12.1. The number of carbonyl (C=O) groups is 1. The van der Waals surface area contributed by atoms with Crippen LogP contribution in [-0.2, 0) is 0 Å². The van der Waals surface area contributed by atoms with Gasteiger partial charge in [0.15, 0.2) is 12.4 Å². The van der Waals surface area contributed by atoms with Crippen molar-refractivity contribution in [1.82, 2.24) is 0 Å². The highest BCUT2D eigenvalue weighted by Gasteiger charge is 2.28. The number of alkyl halides is 3. The van der Waals surface area contributed by atoms with Crippen molar-refractivity contribution in [3.8, 4) is 5.75 Å². The summed E-state index contributed by atoms with van der Waals surface area (Å²) in [7, 11) is 0. The molecular weight excluding hydrogens is 339 g/mol. The largest absolute Gasteiger partial charge is 0.484 e. The molecule has 130 valence electrons. The Morgan fingerprint density at radius 3 is 2.44 bits per heavy atom. The number of nitro groups is 1. The Balaban J connectivity index is 2.02. The van der Waals surface area contributed by atoms with E-state index in [1.807, 2.05) is 0 Å². The summed E-state index contributed by atoms with van der Waals surface area (Å²) in [5.74, 6) is -0.374. The molecule has 2 aromatic rings. The lowest BCUT2D eigenvalue weighted by atomic mass is 10.1. The minimum absolute atomic E-state index is 0.0551. The predicted octanol–water partition coefficient (Wildman–Crippen LogP) is 4.43. The van der Waals surface area contributed by atoms with Gasteiger partial charge in [-0.2, -0.15) is 13.2 Å². The van der Waals surface area contributed by atoms with Crippen LogP contribution in [0.15, 0.2) is 54.6 Å². The number of rotatable bonds is 6. The van der Waals surface area contributed by atoms with Crippen LogP contribution in [0, 0.1) is 10.1 Å². The Morgan fingerprint density at radius 1 is 1.16 bits per heavy atom. The van der Waals surface area contributed by atoms with Crippen molar-refractivity contribution in [2.75, 3.05) is 6.61 Å². The zero-order chi connectivity index (χ0) is 18.4. The average molecular weight is 351 g/mol. The molecule has 0 fully saturated rings. The summed E-state index contributed by atoms with van der Waals surface area (Å²) in [6, 6.07) is 11.0. The number of carbonyl (C=O) groups excluding carboxylic acids is 1. The summed E-state index contributed by atoms with van der Waals surface area (Å²) in [6.07, 6.45) is -1.73. The molecule has 0 aromatic heterocycles. The van der Waals surface area contributed by atoms with Crippen LogP contribution in [0.25, 0.3) is 6.08 Å². The second-order valence-electron chi connectivity index (χ2n) is 4.98. The maximum Gasteiger partial charge on any atom is 0.422 e. The highest BCUT2D eigenvalue weighted by atomic mass is 19.4. The Kier molecular flexibility index (Phi) is 5.53. The lowest BCUT2D eigenvalue weighted by Crippen LogP contribution is -2.19. The first-order valence-corrected chi connectivity index (χ1v) is 7.01. The van der Waals surface area contributed by atoms with Gasteiger partial charge in [0.1, 0.15) is 5.75 Å². The summed E-state index contributed by atoms with van der Waals surface area (Å²) in [5, 5.41) is 10.7. The maximum absolute atomic E-state index is 12.1. The molecule has 5 nitrogen and oxygen atoms in total. The molecule has 0 atom stereocenters. The van der Waals surface area contributed by atoms with Crippen LogP contribution in [0.5, 0.6) is 5.75 Å². The molecule has 0 aliphatic rings. The van der Waals surface area contributed by atoms with Crippen LogP contribution in [-0.4, -0.2) is 23.5 Å². The zero-order valence-electron chi connectivity index (χ0n) is 12.7. The number of hydrogen-bond donors (Lipinski definition) is 0. The standard InChI is InChI=1S/C17H12F3NO4/c18-17(19,20)11-25-15-7-4-12(5-8-15)6-9-16(22)13-2-1-3-14(10-13)21(23)24/h1-10H,11H2. The topological polar surface area (TPSA) is 69.4 Å². The number of nitro benzene ring substituents is 1. The summed E-state index contributed by atoms with van der Waals surface area (Å²) < 4.78 is 40.7. The molecule has 0 N–H and O–H groups in total. The molecule has 0 spiro atoms. The number of nitrogens with zero attached hydrogens (tertiary/aromatic N) is 1. The number of ether oxygens (including phenoxy) is 1. The fourth-order valence-electron chi connectivity index (χ4n) is 1.88. The number of allylic oxidation sites excluding steroid dienone is 1. The van der Waals surface area contributed by atoms with E-state index in [0.717, 1.165) is 0 Å². The van der Waals surface area contributed by atoms with E-state index in [1.54, 1.807) is 0 Å². The van der Waals surface area contributed by atoms with Crippen LogP contribution in [0.4, 0.5) is 18.9 Å². The van der Waals surface area contributed by atoms with Crippen molar-refractivity contribution in [2.24, 2.45) is 0 Å². The zero-order valence-corrected chi connectivity index (χ0v) is 12.7. The van der Waals surface area contributed by atoms with Crippen LogP contribution >= 0.6 is 0 Å². The second kappa shape index (κ2) is 7.61. The van der Waals surface area contributed by atoms with Gasteiger partial charge < -0.3 is 4.74 Å². The predicted molar refractivity (Wildman–Crippen MR) is 84.5 cm³/mol. The Bertz CT molecular complexity index is 798. The molecule has 2 aromatic carbocycles. The van der Waals surface area contributed by atoms with E-state index in [9.17, 15) is 28.1 Å². The van der Waals surface area contributed by atoms with Crippen molar-refractivity contribution in [1.29, 1.82) is 0 Å². The number of halogens is 3. The van der Waals surface area contributed by atoms with Gasteiger partial charge in [-0.25, -0.2) is 0 Å². The molecule has 0 radical (unpaired) electrons. The normalized spacial score (nSPS) is 11.5. The van der Waals surface area contributed by atoms with Gasteiger partial charge in [-0.1, -0.05) is 30.3 Å². The molecule has 0 aliphatic carbocycles. The van der Waals surface area contributed by atoms with Crippen molar-refractivity contribution < 1.29 is 27.6 Å². The number of ketones is 1. The quantitative estimate of drug-likeness (QED) is 0.334. The lowest BCUT2D eigenvalue weighted by molar-refractivity contribution is -0.384. The van der Waals surface area contributed by atoms with Crippen LogP contribution in [0.3, 0.4) is 0 Å². The number of non-ortho nitro benzene ring substituents is 1. The van der Waals surface area contributed by atoms with Gasteiger partial charge in [-0.05, 0) is 23.8 Å². The molecule has 0 saturated carbocycles. The van der Waals surface area contributed by atoms with Crippen LogP contribution in [0.2, 0.25) is 0 Å². The van der Waals surface area contributed by atoms with Crippen molar-refractivity contribution >= 4 is 17.5 Å². The molecule has 0 aliphatic heterocycles. The highest BCUT2D eigenvalue weighted by Crippen LogP contribution is 2.19. The SMILES string of the molecule is O=C(C=Cc1ccc(OCC(F)(F)F)cc1)c1cccc([N+](=O)[O-])c1. The average Bonchev–Trinajstić information content (AvgIpc) is 2.58. The molecular formula is C17H12F3NO4. The molecule has 8 heteroatoms. The minimum atomic E-state index is -4.41. The fraction of sp³-hybridized carbons (Fsp3) is 0.118. The van der Waals surface area contributed by atoms with E-state index in [1.165, 1.54) is 60.7 Å². The first-order chi connectivity index (χ1) is 11.7. The Morgan fingerprint density at radius 2 is 1.84 bits per heavy atom. The van der Waals surface area contributed by atoms with E-state index in [0.29, 0.717) is 5.56 Å². The highest BCUT2D eigenvalue weighted by molar-refractivity contribution is 6.07. The molecule has 0 heterocycles. The summed E-state index contributed by atoms with van der Waals surface area (Å²) in [6.45, 7) is -1.38. The van der Waals surface area contributed by atoms with Crippen molar-refractivity contribution in [3.63, 3.8) is 0 Å². The number of benzene rings is 2. The van der Waals surface area contributed by atoms with E-state index >= 15 is 0 Å². The summed E-state index contributed by atoms with van der Waals surface area (Å²) >= 11 is 0. The first-order valence-electron chi connectivity index (χ1n) is 7.01. The summed E-state index contributed by atoms with van der Waals surface area (Å²) in [5.41, 5.74) is 0.541. The van der Waals surface area contributed by atoms with Crippen LogP contribution < -0.4 is 4.74 Å². The first kappa shape index (κ1) is 18.2. The van der Waals surface area contributed by atoms with E-state index in [4.69, 9.17) is 0 Å². The van der Waals surface area contributed by atoms with E-state index < -0.39 is 23.5 Å². The smallest absolute Gasteiger partial charge is 0.422 e. The van der Waals surface area contributed by atoms with Gasteiger partial charge in [0.25, 0.3) is 5.69 Å². The molecule has 25 heavy (non-hydrogen) atoms. The molecule has 0 bridgehead atoms. The molecule has 0 unspecified atom stereocenters. The van der Waals surface area contributed by atoms with E-state index in [2.05, 4.69) is 4.74 Å². The Labute approximate surface area is 140 Å². The van der Waals surface area contributed by atoms with Gasteiger partial charge in [0, 0.05) is 17.7 Å². The molecule has 0 saturated heterocycles. The minimum Gasteiger partial charge on any atom is -0.484 e. The van der Waals surface area contributed by atoms with Crippen LogP contribution in [0.1, 0.15) is 15.9 Å².